The maximum atomic E-state index is 4.48. The lowest BCUT2D eigenvalue weighted by Crippen LogP contribution is -2.21. The number of fused-ring (bicyclic) bond motifs is 1. The molecule has 2 aromatic heterocycles. The lowest BCUT2D eigenvalue weighted by atomic mass is 9.96. The van der Waals surface area contributed by atoms with Gasteiger partial charge in [0.15, 0.2) is 0 Å². The van der Waals surface area contributed by atoms with Crippen LogP contribution in [-0.4, -0.2) is 20.9 Å². The smallest absolute Gasteiger partial charge is 0.102 e. The summed E-state index contributed by atoms with van der Waals surface area (Å²) in [6.07, 6.45) is 3.57. The minimum atomic E-state index is 0.746. The normalized spacial score (nSPS) is 13.2. The van der Waals surface area contributed by atoms with Gasteiger partial charge >= 0.3 is 0 Å². The number of hydrogen-bond donors (Lipinski definition) is 2. The minimum Gasteiger partial charge on any atom is -0.305 e. The summed E-state index contributed by atoms with van der Waals surface area (Å²) in [4.78, 5) is 4.39. The summed E-state index contributed by atoms with van der Waals surface area (Å²) in [5.74, 6) is 0. The molecule has 3 heterocycles. The minimum absolute atomic E-state index is 0.746. The van der Waals surface area contributed by atoms with E-state index in [0.29, 0.717) is 0 Å². The van der Waals surface area contributed by atoms with Crippen LogP contribution in [0.5, 0.6) is 0 Å². The van der Waals surface area contributed by atoms with Crippen LogP contribution in [0, 0.1) is 0 Å². The molecule has 0 aliphatic carbocycles. The number of rotatable bonds is 2. The van der Waals surface area contributed by atoms with Gasteiger partial charge in [0, 0.05) is 17.3 Å². The van der Waals surface area contributed by atoms with Gasteiger partial charge in [0.2, 0.25) is 0 Å². The third kappa shape index (κ3) is 1.99. The lowest BCUT2D eigenvalue weighted by Gasteiger charge is -2.17. The van der Waals surface area contributed by atoms with Gasteiger partial charge in [-0.3, -0.25) is 10.1 Å². The van der Waals surface area contributed by atoms with E-state index in [0.717, 1.165) is 34.8 Å². The van der Waals surface area contributed by atoms with Crippen molar-refractivity contribution in [2.75, 3.05) is 0 Å². The van der Waals surface area contributed by atoms with E-state index in [-0.39, 0.29) is 0 Å². The number of hydrogen-bond acceptors (Lipinski definition) is 4. The van der Waals surface area contributed by atoms with Gasteiger partial charge in [-0.2, -0.15) is 10.2 Å². The zero-order valence-corrected chi connectivity index (χ0v) is 11.2. The van der Waals surface area contributed by atoms with Gasteiger partial charge < -0.3 is 5.43 Å². The van der Waals surface area contributed by atoms with Crippen molar-refractivity contribution in [1.82, 2.24) is 20.6 Å². The number of nitrogens with one attached hydrogen (secondary N) is 2. The molecule has 21 heavy (non-hydrogen) atoms. The van der Waals surface area contributed by atoms with E-state index in [4.69, 9.17) is 0 Å². The highest BCUT2D eigenvalue weighted by Crippen LogP contribution is 2.24. The van der Waals surface area contributed by atoms with E-state index in [1.165, 1.54) is 5.56 Å². The maximum absolute atomic E-state index is 4.48. The molecule has 1 aromatic carbocycles. The average molecular weight is 275 g/mol. The van der Waals surface area contributed by atoms with Crippen LogP contribution in [0.4, 0.5) is 0 Å². The topological polar surface area (TPSA) is 66.0 Å². The summed E-state index contributed by atoms with van der Waals surface area (Å²) < 4.78 is 0. The molecule has 0 spiro atoms. The quantitative estimate of drug-likeness (QED) is 0.754. The van der Waals surface area contributed by atoms with Crippen LogP contribution >= 0.6 is 0 Å². The second kappa shape index (κ2) is 4.86. The molecule has 102 valence electrons. The van der Waals surface area contributed by atoms with Crippen LogP contribution < -0.4 is 5.43 Å². The van der Waals surface area contributed by atoms with Gasteiger partial charge in [-0.25, -0.2) is 0 Å². The largest absolute Gasteiger partial charge is 0.305 e. The fourth-order valence-corrected chi connectivity index (χ4v) is 2.55. The Balaban J connectivity index is 1.86. The summed E-state index contributed by atoms with van der Waals surface area (Å²) in [7, 11) is 0. The third-order valence-corrected chi connectivity index (χ3v) is 3.55. The van der Waals surface area contributed by atoms with Gasteiger partial charge in [0.1, 0.15) is 5.71 Å². The number of nitrogens with zero attached hydrogens (tertiary/aromatic N) is 3. The van der Waals surface area contributed by atoms with E-state index in [9.17, 15) is 0 Å². The summed E-state index contributed by atoms with van der Waals surface area (Å²) in [5.41, 5.74) is 9.04. The Morgan fingerprint density at radius 2 is 1.86 bits per heavy atom. The van der Waals surface area contributed by atoms with Crippen LogP contribution in [0.1, 0.15) is 16.7 Å². The highest BCUT2D eigenvalue weighted by Gasteiger charge is 2.20. The van der Waals surface area contributed by atoms with Crippen molar-refractivity contribution in [3.8, 4) is 11.4 Å². The van der Waals surface area contributed by atoms with Gasteiger partial charge in [0.05, 0.1) is 24.1 Å². The number of aromatic nitrogens is 3. The molecule has 0 fully saturated rings. The molecule has 2 N–H and O–H groups in total. The van der Waals surface area contributed by atoms with Crippen LogP contribution in [0.2, 0.25) is 0 Å². The molecule has 0 amide bonds. The first kappa shape index (κ1) is 11.8. The molecule has 0 bridgehead atoms. The van der Waals surface area contributed by atoms with E-state index in [2.05, 4.69) is 37.8 Å². The van der Waals surface area contributed by atoms with Crippen molar-refractivity contribution in [3.63, 3.8) is 0 Å². The molecule has 1 aliphatic heterocycles. The van der Waals surface area contributed by atoms with Gasteiger partial charge in [-0.1, -0.05) is 30.3 Å². The zero-order chi connectivity index (χ0) is 14.1. The third-order valence-electron chi connectivity index (χ3n) is 3.55. The van der Waals surface area contributed by atoms with Crippen molar-refractivity contribution >= 4 is 5.71 Å². The summed E-state index contributed by atoms with van der Waals surface area (Å²) in [6.45, 7) is 0.746. The maximum Gasteiger partial charge on any atom is 0.102 e. The Morgan fingerprint density at radius 3 is 2.76 bits per heavy atom. The Morgan fingerprint density at radius 1 is 0.952 bits per heavy atom. The van der Waals surface area contributed by atoms with E-state index in [1.807, 2.05) is 30.3 Å². The first-order valence-electron chi connectivity index (χ1n) is 6.77. The molecule has 0 atom stereocenters. The summed E-state index contributed by atoms with van der Waals surface area (Å²) in [6, 6.07) is 14.1. The molecule has 1 aliphatic rings. The van der Waals surface area contributed by atoms with Gasteiger partial charge in [-0.15, -0.1) is 0 Å². The molecule has 0 saturated heterocycles. The molecule has 0 unspecified atom stereocenters. The second-order valence-electron chi connectivity index (χ2n) is 4.83. The standard InChI is InChI=1S/C16H13N5/c1-2-6-12-11(5-1)9-18-20-15(12)13-10-19-21-16(13)14-7-3-4-8-17-14/h1-8,10,18H,9H2,(H,19,21). The molecule has 3 aromatic rings. The Labute approximate surface area is 121 Å². The Kier molecular flexibility index (Phi) is 2.74. The number of H-pyrrole nitrogens is 1. The highest BCUT2D eigenvalue weighted by atomic mass is 15.3. The Bertz CT molecular complexity index is 804. The molecular weight excluding hydrogens is 262 g/mol. The molecule has 0 radical (unpaired) electrons. The SMILES string of the molecule is c1ccc(-c2[nH]ncc2C2=NNCc3ccccc32)nc1. The van der Waals surface area contributed by atoms with Crippen molar-refractivity contribution in [2.45, 2.75) is 6.54 Å². The molecule has 5 heteroatoms. The molecule has 0 saturated carbocycles. The van der Waals surface area contributed by atoms with Gasteiger partial charge in [-0.05, 0) is 17.7 Å². The summed E-state index contributed by atoms with van der Waals surface area (Å²) in [5, 5.41) is 11.7. The van der Waals surface area contributed by atoms with Crippen molar-refractivity contribution < 1.29 is 0 Å². The molecular formula is C16H13N5. The fourth-order valence-electron chi connectivity index (χ4n) is 2.55. The van der Waals surface area contributed by atoms with Crippen LogP contribution in [0.15, 0.2) is 60.0 Å². The van der Waals surface area contributed by atoms with Crippen molar-refractivity contribution in [1.29, 1.82) is 0 Å². The number of pyridine rings is 1. The molecule has 4 rings (SSSR count). The van der Waals surface area contributed by atoms with Crippen LogP contribution in [0.25, 0.3) is 11.4 Å². The number of hydrazone groups is 1. The average Bonchev–Trinajstić information content (AvgIpc) is 3.04. The van der Waals surface area contributed by atoms with Crippen LogP contribution in [0.3, 0.4) is 0 Å². The van der Waals surface area contributed by atoms with Crippen molar-refractivity contribution in [2.24, 2.45) is 5.10 Å². The van der Waals surface area contributed by atoms with E-state index >= 15 is 0 Å². The van der Waals surface area contributed by atoms with Crippen LogP contribution in [-0.2, 0) is 6.54 Å². The predicted octanol–water partition coefficient (Wildman–Crippen LogP) is 2.33. The predicted molar refractivity (Wildman–Crippen MR) is 80.7 cm³/mol. The fraction of sp³-hybridized carbons (Fsp3) is 0.0625. The van der Waals surface area contributed by atoms with Gasteiger partial charge in [0.25, 0.3) is 0 Å². The zero-order valence-electron chi connectivity index (χ0n) is 11.2. The first-order valence-corrected chi connectivity index (χ1v) is 6.77. The van der Waals surface area contributed by atoms with Crippen molar-refractivity contribution in [3.05, 3.63) is 71.5 Å². The highest BCUT2D eigenvalue weighted by molar-refractivity contribution is 6.16. The van der Waals surface area contributed by atoms with E-state index in [1.54, 1.807) is 12.4 Å². The summed E-state index contributed by atoms with van der Waals surface area (Å²) >= 11 is 0. The lowest BCUT2D eigenvalue weighted by molar-refractivity contribution is 0.730. The first-order chi connectivity index (χ1) is 10.4. The Hall–Kier alpha value is -2.95. The molecule has 5 nitrogen and oxygen atoms in total. The number of aromatic amines is 1. The second-order valence-corrected chi connectivity index (χ2v) is 4.83. The monoisotopic (exact) mass is 275 g/mol. The number of benzene rings is 1. The van der Waals surface area contributed by atoms with E-state index < -0.39 is 0 Å².